The van der Waals surface area contributed by atoms with E-state index in [1.54, 1.807) is 6.07 Å². The highest BCUT2D eigenvalue weighted by molar-refractivity contribution is 6.28. The number of hydrogen-bond acceptors (Lipinski definition) is 6. The lowest BCUT2D eigenvalue weighted by Gasteiger charge is -2.34. The van der Waals surface area contributed by atoms with Crippen molar-refractivity contribution < 1.29 is 13.5 Å². The highest BCUT2D eigenvalue weighted by atomic mass is 35.5. The van der Waals surface area contributed by atoms with Gasteiger partial charge in [-0.05, 0) is 65.7 Å². The molecule has 1 fully saturated rings. The molecule has 0 aliphatic carbocycles. The highest BCUT2D eigenvalue weighted by Gasteiger charge is 2.18. The van der Waals surface area contributed by atoms with Gasteiger partial charge in [0.05, 0.1) is 5.52 Å². The molecule has 1 saturated heterocycles. The van der Waals surface area contributed by atoms with Gasteiger partial charge in [0.2, 0.25) is 5.28 Å². The topological polar surface area (TPSA) is 44.7 Å². The Bertz CT molecular complexity index is 1360. The summed E-state index contributed by atoms with van der Waals surface area (Å²) in [4.78, 5) is 15.3. The zero-order chi connectivity index (χ0) is 25.8. The SMILES string of the molecule is CN(c1ccc(OCCN2CCN(Cc3ccc(F)c(F)c3)CC2)cc1)c1nc(Cl)nc2ccccc12. The van der Waals surface area contributed by atoms with Gasteiger partial charge in [0.25, 0.3) is 0 Å². The average Bonchev–Trinajstić information content (AvgIpc) is 2.91. The zero-order valence-corrected chi connectivity index (χ0v) is 21.3. The van der Waals surface area contributed by atoms with E-state index in [2.05, 4.69) is 19.8 Å². The van der Waals surface area contributed by atoms with Crippen LogP contribution in [0.15, 0.2) is 66.7 Å². The highest BCUT2D eigenvalue weighted by Crippen LogP contribution is 2.30. The Kier molecular flexibility index (Phi) is 7.79. The predicted molar refractivity (Wildman–Crippen MR) is 143 cm³/mol. The molecule has 1 aliphatic heterocycles. The molecule has 37 heavy (non-hydrogen) atoms. The smallest absolute Gasteiger partial charge is 0.224 e. The van der Waals surface area contributed by atoms with Crippen molar-refractivity contribution in [2.45, 2.75) is 6.54 Å². The summed E-state index contributed by atoms with van der Waals surface area (Å²) in [5, 5.41) is 1.14. The number of fused-ring (bicyclic) bond motifs is 1. The van der Waals surface area contributed by atoms with E-state index in [9.17, 15) is 8.78 Å². The number of nitrogens with zero attached hydrogens (tertiary/aromatic N) is 5. The maximum absolute atomic E-state index is 13.5. The monoisotopic (exact) mass is 523 g/mol. The maximum atomic E-state index is 13.5. The third-order valence-electron chi connectivity index (χ3n) is 6.63. The molecule has 0 unspecified atom stereocenters. The number of rotatable bonds is 8. The van der Waals surface area contributed by atoms with Crippen LogP contribution in [0.3, 0.4) is 0 Å². The molecule has 2 heterocycles. The number of hydrogen-bond donors (Lipinski definition) is 0. The Hall–Kier alpha value is -3.33. The first kappa shape index (κ1) is 25.3. The summed E-state index contributed by atoms with van der Waals surface area (Å²) >= 11 is 6.16. The molecular formula is C28H28ClF2N5O. The van der Waals surface area contributed by atoms with Gasteiger partial charge in [0.1, 0.15) is 18.2 Å². The Labute approximate surface area is 220 Å². The standard InChI is InChI=1S/C28H28ClF2N5O/c1-34(27-23-4-2-3-5-26(23)32-28(29)33-27)21-7-9-22(10-8-21)37-17-16-35-12-14-36(15-13-35)19-20-6-11-24(30)25(31)18-20/h2-11,18H,12-17,19H2,1H3. The van der Waals surface area contributed by atoms with Gasteiger partial charge in [-0.15, -0.1) is 0 Å². The number of piperazine rings is 1. The number of ether oxygens (including phenoxy) is 1. The van der Waals surface area contributed by atoms with Crippen LogP contribution < -0.4 is 9.64 Å². The van der Waals surface area contributed by atoms with Crippen LogP contribution in [0.1, 0.15) is 5.56 Å². The molecule has 6 nitrogen and oxygen atoms in total. The molecule has 192 valence electrons. The quantitative estimate of drug-likeness (QED) is 0.283. The second-order valence-electron chi connectivity index (χ2n) is 9.10. The Balaban J connectivity index is 1.10. The lowest BCUT2D eigenvalue weighted by molar-refractivity contribution is 0.112. The van der Waals surface area contributed by atoms with Crippen LogP contribution in [0, 0.1) is 11.6 Å². The normalized spacial score (nSPS) is 14.7. The van der Waals surface area contributed by atoms with Gasteiger partial charge in [0.15, 0.2) is 11.6 Å². The number of benzene rings is 3. The first-order chi connectivity index (χ1) is 18.0. The molecule has 0 spiro atoms. The fourth-order valence-electron chi connectivity index (χ4n) is 4.54. The van der Waals surface area contributed by atoms with Crippen LogP contribution in [0.5, 0.6) is 5.75 Å². The van der Waals surface area contributed by atoms with Crippen molar-refractivity contribution in [2.24, 2.45) is 0 Å². The molecule has 3 aromatic carbocycles. The van der Waals surface area contributed by atoms with Crippen LogP contribution in [0.4, 0.5) is 20.3 Å². The second kappa shape index (κ2) is 11.4. The van der Waals surface area contributed by atoms with Crippen molar-refractivity contribution in [3.8, 4) is 5.75 Å². The van der Waals surface area contributed by atoms with Gasteiger partial charge in [-0.3, -0.25) is 9.80 Å². The summed E-state index contributed by atoms with van der Waals surface area (Å²) in [5.74, 6) is -0.0490. The Morgan fingerprint density at radius 3 is 2.38 bits per heavy atom. The molecule has 9 heteroatoms. The lowest BCUT2D eigenvalue weighted by atomic mass is 10.2. The van der Waals surface area contributed by atoms with Crippen LogP contribution in [-0.4, -0.2) is 66.1 Å². The molecule has 5 rings (SSSR count). The minimum Gasteiger partial charge on any atom is -0.492 e. The molecule has 0 saturated carbocycles. The summed E-state index contributed by atoms with van der Waals surface area (Å²) < 4.78 is 32.6. The Morgan fingerprint density at radius 1 is 0.892 bits per heavy atom. The largest absolute Gasteiger partial charge is 0.492 e. The van der Waals surface area contributed by atoms with E-state index in [0.29, 0.717) is 13.2 Å². The molecule has 1 aliphatic rings. The van der Waals surface area contributed by atoms with E-state index in [0.717, 1.165) is 66.4 Å². The van der Waals surface area contributed by atoms with Crippen LogP contribution in [0.25, 0.3) is 10.9 Å². The van der Waals surface area contributed by atoms with Crippen molar-refractivity contribution in [3.63, 3.8) is 0 Å². The molecule has 0 amide bonds. The third kappa shape index (κ3) is 6.15. The number of anilines is 2. The summed E-state index contributed by atoms with van der Waals surface area (Å²) in [6, 6.07) is 19.8. The van der Waals surface area contributed by atoms with Crippen molar-refractivity contribution in [2.75, 3.05) is 51.3 Å². The van der Waals surface area contributed by atoms with Crippen LogP contribution >= 0.6 is 11.6 Å². The molecule has 0 atom stereocenters. The molecule has 1 aromatic heterocycles. The lowest BCUT2D eigenvalue weighted by Crippen LogP contribution is -2.47. The average molecular weight is 524 g/mol. The van der Waals surface area contributed by atoms with Gasteiger partial charge in [-0.2, -0.15) is 4.98 Å². The van der Waals surface area contributed by atoms with Crippen LogP contribution in [-0.2, 0) is 6.54 Å². The van der Waals surface area contributed by atoms with Gasteiger partial charge in [-0.25, -0.2) is 13.8 Å². The third-order valence-corrected chi connectivity index (χ3v) is 6.80. The number of halogens is 3. The first-order valence-electron chi connectivity index (χ1n) is 12.2. The fourth-order valence-corrected chi connectivity index (χ4v) is 4.71. The summed E-state index contributed by atoms with van der Waals surface area (Å²) in [6.07, 6.45) is 0. The van der Waals surface area contributed by atoms with Crippen molar-refractivity contribution in [3.05, 3.63) is 89.2 Å². The predicted octanol–water partition coefficient (Wildman–Crippen LogP) is 5.53. The fraction of sp³-hybridized carbons (Fsp3) is 0.286. The molecule has 0 radical (unpaired) electrons. The van der Waals surface area contributed by atoms with Crippen molar-refractivity contribution in [1.29, 1.82) is 0 Å². The zero-order valence-electron chi connectivity index (χ0n) is 20.6. The minimum atomic E-state index is -0.806. The van der Waals surface area contributed by atoms with Crippen molar-refractivity contribution >= 4 is 34.0 Å². The van der Waals surface area contributed by atoms with Gasteiger partial charge in [-0.1, -0.05) is 18.2 Å². The minimum absolute atomic E-state index is 0.214. The van der Waals surface area contributed by atoms with E-state index in [4.69, 9.17) is 16.3 Å². The van der Waals surface area contributed by atoms with E-state index in [1.165, 1.54) is 12.1 Å². The van der Waals surface area contributed by atoms with Gasteiger partial charge >= 0.3 is 0 Å². The molecular weight excluding hydrogens is 496 g/mol. The number of para-hydroxylation sites is 1. The van der Waals surface area contributed by atoms with Gasteiger partial charge in [0, 0.05) is 57.4 Å². The maximum Gasteiger partial charge on any atom is 0.224 e. The Morgan fingerprint density at radius 2 is 1.62 bits per heavy atom. The van der Waals surface area contributed by atoms with E-state index >= 15 is 0 Å². The number of aromatic nitrogens is 2. The molecule has 0 N–H and O–H groups in total. The van der Waals surface area contributed by atoms with E-state index in [1.807, 2.05) is 60.5 Å². The van der Waals surface area contributed by atoms with Crippen LogP contribution in [0.2, 0.25) is 5.28 Å². The second-order valence-corrected chi connectivity index (χ2v) is 9.44. The van der Waals surface area contributed by atoms with Gasteiger partial charge < -0.3 is 9.64 Å². The molecule has 0 bridgehead atoms. The van der Waals surface area contributed by atoms with E-state index in [-0.39, 0.29) is 5.28 Å². The van der Waals surface area contributed by atoms with E-state index < -0.39 is 11.6 Å². The molecule has 4 aromatic rings. The summed E-state index contributed by atoms with van der Waals surface area (Å²) in [6.45, 7) is 5.61. The first-order valence-corrected chi connectivity index (χ1v) is 12.6. The van der Waals surface area contributed by atoms with Crippen molar-refractivity contribution in [1.82, 2.24) is 19.8 Å². The summed E-state index contributed by atoms with van der Waals surface area (Å²) in [5.41, 5.74) is 2.56. The summed E-state index contributed by atoms with van der Waals surface area (Å²) in [7, 11) is 1.95.